The summed E-state index contributed by atoms with van der Waals surface area (Å²) in [5.74, 6) is -2.36. The Morgan fingerprint density at radius 1 is 1.18 bits per heavy atom. The van der Waals surface area contributed by atoms with Gasteiger partial charge < -0.3 is 10.4 Å². The Morgan fingerprint density at radius 2 is 1.86 bits per heavy atom. The minimum absolute atomic E-state index is 0.0549. The molecule has 2 aromatic carbocycles. The van der Waals surface area contributed by atoms with Gasteiger partial charge in [0, 0.05) is 10.9 Å². The highest BCUT2D eigenvalue weighted by atomic mass is 79.9. The summed E-state index contributed by atoms with van der Waals surface area (Å²) < 4.78 is 13.6. The molecule has 0 spiro atoms. The molecular formula is C16H13BrFNO3. The van der Waals surface area contributed by atoms with Gasteiger partial charge in [-0.05, 0) is 39.7 Å². The van der Waals surface area contributed by atoms with E-state index in [-0.39, 0.29) is 12.0 Å². The highest BCUT2D eigenvalue weighted by molar-refractivity contribution is 9.10. The predicted octanol–water partition coefficient (Wildman–Crippen LogP) is 3.01. The van der Waals surface area contributed by atoms with E-state index in [4.69, 9.17) is 0 Å². The lowest BCUT2D eigenvalue weighted by Crippen LogP contribution is -2.42. The Bertz CT molecular complexity index is 691. The SMILES string of the molecule is O=C(NC(Cc1ccccc1)C(=O)O)c1cc(F)ccc1Br. The summed E-state index contributed by atoms with van der Waals surface area (Å²) in [7, 11) is 0. The lowest BCUT2D eigenvalue weighted by atomic mass is 10.1. The zero-order chi connectivity index (χ0) is 16.1. The molecule has 2 rings (SSSR count). The van der Waals surface area contributed by atoms with Crippen molar-refractivity contribution in [2.45, 2.75) is 12.5 Å². The molecule has 1 amide bonds. The molecule has 4 nitrogen and oxygen atoms in total. The molecule has 0 aliphatic rings. The van der Waals surface area contributed by atoms with Gasteiger partial charge in [0.25, 0.3) is 5.91 Å². The van der Waals surface area contributed by atoms with Crippen LogP contribution in [0.4, 0.5) is 4.39 Å². The van der Waals surface area contributed by atoms with E-state index < -0.39 is 23.7 Å². The molecule has 0 heterocycles. The van der Waals surface area contributed by atoms with E-state index in [1.54, 1.807) is 24.3 Å². The van der Waals surface area contributed by atoms with Crippen molar-refractivity contribution >= 4 is 27.8 Å². The molecule has 0 aliphatic carbocycles. The number of aliphatic carboxylic acids is 1. The molecular weight excluding hydrogens is 353 g/mol. The molecule has 0 fully saturated rings. The average molecular weight is 366 g/mol. The van der Waals surface area contributed by atoms with Crippen molar-refractivity contribution in [3.05, 3.63) is 69.9 Å². The van der Waals surface area contributed by atoms with Crippen molar-refractivity contribution in [1.82, 2.24) is 5.32 Å². The topological polar surface area (TPSA) is 66.4 Å². The van der Waals surface area contributed by atoms with Gasteiger partial charge in [-0.1, -0.05) is 30.3 Å². The third kappa shape index (κ3) is 4.14. The molecule has 2 aromatic rings. The Hall–Kier alpha value is -2.21. The molecule has 1 atom stereocenters. The van der Waals surface area contributed by atoms with Crippen LogP contribution in [0.25, 0.3) is 0 Å². The molecule has 1 unspecified atom stereocenters. The zero-order valence-corrected chi connectivity index (χ0v) is 13.0. The van der Waals surface area contributed by atoms with Crippen LogP contribution >= 0.6 is 15.9 Å². The second-order valence-electron chi connectivity index (χ2n) is 4.68. The second-order valence-corrected chi connectivity index (χ2v) is 5.53. The number of amides is 1. The second kappa shape index (κ2) is 7.17. The maximum Gasteiger partial charge on any atom is 0.326 e. The van der Waals surface area contributed by atoms with E-state index in [9.17, 15) is 19.1 Å². The van der Waals surface area contributed by atoms with Gasteiger partial charge >= 0.3 is 5.97 Å². The minimum Gasteiger partial charge on any atom is -0.480 e. The molecule has 6 heteroatoms. The third-order valence-corrected chi connectivity index (χ3v) is 3.75. The standard InChI is InChI=1S/C16H13BrFNO3/c17-13-7-6-11(18)9-12(13)15(20)19-14(16(21)22)8-10-4-2-1-3-5-10/h1-7,9,14H,8H2,(H,19,20)(H,21,22). The Labute approximate surface area is 135 Å². The maximum atomic E-state index is 13.2. The van der Waals surface area contributed by atoms with Gasteiger partial charge in [-0.25, -0.2) is 9.18 Å². The van der Waals surface area contributed by atoms with E-state index in [2.05, 4.69) is 21.2 Å². The monoisotopic (exact) mass is 365 g/mol. The van der Waals surface area contributed by atoms with E-state index in [1.165, 1.54) is 12.1 Å². The number of halogens is 2. The van der Waals surface area contributed by atoms with Crippen molar-refractivity contribution in [2.24, 2.45) is 0 Å². The predicted molar refractivity (Wildman–Crippen MR) is 83.1 cm³/mol. The number of carboxylic acids is 1. The van der Waals surface area contributed by atoms with E-state index >= 15 is 0 Å². The number of carboxylic acid groups (broad SMARTS) is 1. The lowest BCUT2D eigenvalue weighted by molar-refractivity contribution is -0.139. The normalized spacial score (nSPS) is 11.7. The van der Waals surface area contributed by atoms with Gasteiger partial charge in [-0.3, -0.25) is 4.79 Å². The van der Waals surface area contributed by atoms with Crippen molar-refractivity contribution in [1.29, 1.82) is 0 Å². The van der Waals surface area contributed by atoms with E-state index in [0.717, 1.165) is 11.6 Å². The summed E-state index contributed by atoms with van der Waals surface area (Å²) in [6.07, 6.45) is 0.148. The fourth-order valence-electron chi connectivity index (χ4n) is 1.96. The molecule has 0 aliphatic heterocycles. The number of carbonyl (C=O) groups excluding carboxylic acids is 1. The molecule has 0 radical (unpaired) electrons. The first kappa shape index (κ1) is 16.2. The van der Waals surface area contributed by atoms with Gasteiger partial charge in [0.15, 0.2) is 0 Å². The van der Waals surface area contributed by atoms with Crippen molar-refractivity contribution in [2.75, 3.05) is 0 Å². The highest BCUT2D eigenvalue weighted by Gasteiger charge is 2.22. The molecule has 2 N–H and O–H groups in total. The van der Waals surface area contributed by atoms with Gasteiger partial charge in [0.1, 0.15) is 11.9 Å². The Balaban J connectivity index is 2.15. The van der Waals surface area contributed by atoms with Gasteiger partial charge in [0.2, 0.25) is 0 Å². The summed E-state index contributed by atoms with van der Waals surface area (Å²) in [5, 5.41) is 11.7. The number of nitrogens with one attached hydrogen (secondary N) is 1. The number of benzene rings is 2. The van der Waals surface area contributed by atoms with Crippen LogP contribution in [0.2, 0.25) is 0 Å². The van der Waals surface area contributed by atoms with E-state index in [1.807, 2.05) is 6.07 Å². The molecule has 0 bridgehead atoms. The molecule has 0 saturated heterocycles. The average Bonchev–Trinajstić information content (AvgIpc) is 2.50. The lowest BCUT2D eigenvalue weighted by Gasteiger charge is -2.15. The number of carbonyl (C=O) groups is 2. The summed E-state index contributed by atoms with van der Waals surface area (Å²) in [6.45, 7) is 0. The van der Waals surface area contributed by atoms with Crippen LogP contribution < -0.4 is 5.32 Å². The first-order valence-corrected chi connectivity index (χ1v) is 7.29. The zero-order valence-electron chi connectivity index (χ0n) is 11.4. The quantitative estimate of drug-likeness (QED) is 0.855. The summed E-state index contributed by atoms with van der Waals surface area (Å²) >= 11 is 3.15. The maximum absolute atomic E-state index is 13.2. The van der Waals surface area contributed by atoms with Crippen LogP contribution in [0.3, 0.4) is 0 Å². The molecule has 114 valence electrons. The summed E-state index contributed by atoms with van der Waals surface area (Å²) in [5.41, 5.74) is 0.841. The van der Waals surface area contributed by atoms with Crippen LogP contribution in [0.15, 0.2) is 53.0 Å². The first-order valence-electron chi connectivity index (χ1n) is 6.50. The minimum atomic E-state index is -1.15. The first-order chi connectivity index (χ1) is 10.5. The van der Waals surface area contributed by atoms with Crippen LogP contribution in [-0.4, -0.2) is 23.0 Å². The summed E-state index contributed by atoms with van der Waals surface area (Å²) in [6, 6.07) is 11.5. The van der Waals surface area contributed by atoms with Gasteiger partial charge in [-0.2, -0.15) is 0 Å². The van der Waals surface area contributed by atoms with E-state index in [0.29, 0.717) is 4.47 Å². The van der Waals surface area contributed by atoms with Crippen LogP contribution in [0.1, 0.15) is 15.9 Å². The van der Waals surface area contributed by atoms with Crippen molar-refractivity contribution in [3.63, 3.8) is 0 Å². The highest BCUT2D eigenvalue weighted by Crippen LogP contribution is 2.18. The Morgan fingerprint density at radius 3 is 2.50 bits per heavy atom. The molecule has 0 saturated carbocycles. The van der Waals surface area contributed by atoms with Gasteiger partial charge in [-0.15, -0.1) is 0 Å². The van der Waals surface area contributed by atoms with Crippen molar-refractivity contribution in [3.8, 4) is 0 Å². The fraction of sp³-hybridized carbons (Fsp3) is 0.125. The van der Waals surface area contributed by atoms with Crippen LogP contribution in [-0.2, 0) is 11.2 Å². The number of rotatable bonds is 5. The number of hydrogen-bond donors (Lipinski definition) is 2. The fourth-order valence-corrected chi connectivity index (χ4v) is 2.38. The smallest absolute Gasteiger partial charge is 0.326 e. The summed E-state index contributed by atoms with van der Waals surface area (Å²) in [4.78, 5) is 23.5. The van der Waals surface area contributed by atoms with Crippen molar-refractivity contribution < 1.29 is 19.1 Å². The third-order valence-electron chi connectivity index (χ3n) is 3.06. The van der Waals surface area contributed by atoms with Crippen LogP contribution in [0.5, 0.6) is 0 Å². The largest absolute Gasteiger partial charge is 0.480 e. The molecule has 22 heavy (non-hydrogen) atoms. The van der Waals surface area contributed by atoms with Crippen LogP contribution in [0, 0.1) is 5.82 Å². The number of hydrogen-bond acceptors (Lipinski definition) is 2. The molecule has 0 aromatic heterocycles. The van der Waals surface area contributed by atoms with Gasteiger partial charge in [0.05, 0.1) is 5.56 Å². The Kier molecular flexibility index (Phi) is 5.27.